The van der Waals surface area contributed by atoms with Gasteiger partial charge in [0.05, 0.1) is 23.3 Å². The predicted molar refractivity (Wildman–Crippen MR) is 87.3 cm³/mol. The quantitative estimate of drug-likeness (QED) is 0.693. The molecular formula is C20H14O5. The van der Waals surface area contributed by atoms with Crippen LogP contribution >= 0.6 is 0 Å². The summed E-state index contributed by atoms with van der Waals surface area (Å²) in [5, 5.41) is 1.94. The van der Waals surface area contributed by atoms with Gasteiger partial charge in [-0.1, -0.05) is 30.3 Å². The van der Waals surface area contributed by atoms with Crippen LogP contribution in [0.4, 0.5) is 0 Å². The molecule has 2 fully saturated rings. The van der Waals surface area contributed by atoms with E-state index in [2.05, 4.69) is 0 Å². The third-order valence-corrected chi connectivity index (χ3v) is 5.81. The molecule has 0 unspecified atom stereocenters. The molecule has 2 aromatic carbocycles. The molecule has 25 heavy (non-hydrogen) atoms. The van der Waals surface area contributed by atoms with Crippen molar-refractivity contribution >= 4 is 22.3 Å². The fourth-order valence-electron chi connectivity index (χ4n) is 4.80. The Morgan fingerprint density at radius 1 is 1.00 bits per heavy atom. The molecule has 1 spiro atoms. The Morgan fingerprint density at radius 3 is 2.44 bits per heavy atom. The van der Waals surface area contributed by atoms with E-state index in [9.17, 15) is 9.59 Å². The number of carbonyl (C=O) groups excluding carboxylic acids is 2. The van der Waals surface area contributed by atoms with Gasteiger partial charge in [-0.05, 0) is 23.6 Å². The zero-order valence-electron chi connectivity index (χ0n) is 13.2. The van der Waals surface area contributed by atoms with Gasteiger partial charge in [-0.3, -0.25) is 9.59 Å². The molecule has 6 rings (SSSR count). The highest BCUT2D eigenvalue weighted by Gasteiger charge is 2.70. The first-order valence-corrected chi connectivity index (χ1v) is 8.47. The number of rotatable bonds is 0. The Labute approximate surface area is 143 Å². The van der Waals surface area contributed by atoms with Crippen molar-refractivity contribution in [3.05, 3.63) is 48.6 Å². The van der Waals surface area contributed by atoms with E-state index in [-0.39, 0.29) is 24.1 Å². The number of ether oxygens (including phenoxy) is 3. The van der Waals surface area contributed by atoms with Gasteiger partial charge in [-0.15, -0.1) is 0 Å². The van der Waals surface area contributed by atoms with E-state index in [1.165, 1.54) is 6.08 Å². The third kappa shape index (κ3) is 1.53. The van der Waals surface area contributed by atoms with E-state index < -0.39 is 23.7 Å². The molecule has 0 N–H and O–H groups in total. The van der Waals surface area contributed by atoms with Crippen molar-refractivity contribution in [2.75, 3.05) is 0 Å². The summed E-state index contributed by atoms with van der Waals surface area (Å²) in [7, 11) is 0. The van der Waals surface area contributed by atoms with Crippen molar-refractivity contribution in [3.63, 3.8) is 0 Å². The Balaban J connectivity index is 1.57. The minimum atomic E-state index is -1.13. The molecule has 0 radical (unpaired) electrons. The van der Waals surface area contributed by atoms with Crippen LogP contribution in [0.5, 0.6) is 11.5 Å². The highest BCUT2D eigenvalue weighted by molar-refractivity contribution is 6.09. The number of carbonyl (C=O) groups is 2. The van der Waals surface area contributed by atoms with Gasteiger partial charge in [0, 0.05) is 6.42 Å². The molecule has 2 heterocycles. The predicted octanol–water partition coefficient (Wildman–Crippen LogP) is 2.42. The zero-order valence-corrected chi connectivity index (χ0v) is 13.2. The van der Waals surface area contributed by atoms with Crippen LogP contribution in [0.1, 0.15) is 6.42 Å². The number of hydrogen-bond acceptors (Lipinski definition) is 5. The van der Waals surface area contributed by atoms with Gasteiger partial charge < -0.3 is 14.2 Å². The number of ketones is 2. The van der Waals surface area contributed by atoms with Crippen LogP contribution in [0, 0.1) is 11.8 Å². The molecule has 0 amide bonds. The Hall–Kier alpha value is -2.66. The standard InChI is InChI=1S/C20H14O5/c21-11-7-8-15-19-18(11)12(22)9-16(23-15)20(19)24-13-5-1-3-10-4-2-6-14(25-20)17(10)13/h1-8,15-16,18-19H,9H2/t15-,16+,18-,19-/m0/s1. The molecule has 2 aliphatic heterocycles. The Morgan fingerprint density at radius 2 is 1.72 bits per heavy atom. The van der Waals surface area contributed by atoms with Crippen LogP contribution < -0.4 is 9.47 Å². The second kappa shape index (κ2) is 4.29. The molecule has 4 atom stereocenters. The Kier molecular flexibility index (Phi) is 2.34. The lowest BCUT2D eigenvalue weighted by molar-refractivity contribution is -0.201. The van der Waals surface area contributed by atoms with E-state index in [1.54, 1.807) is 6.08 Å². The largest absolute Gasteiger partial charge is 0.448 e. The maximum atomic E-state index is 12.5. The van der Waals surface area contributed by atoms with E-state index in [0.717, 1.165) is 10.8 Å². The first-order chi connectivity index (χ1) is 12.2. The topological polar surface area (TPSA) is 61.8 Å². The highest BCUT2D eigenvalue weighted by atomic mass is 16.7. The summed E-state index contributed by atoms with van der Waals surface area (Å²) in [6.45, 7) is 0. The number of Topliss-reactive ketones (excluding diaryl/α,β-unsaturated/α-hetero) is 1. The van der Waals surface area contributed by atoms with Gasteiger partial charge >= 0.3 is 0 Å². The molecule has 1 saturated heterocycles. The van der Waals surface area contributed by atoms with Gasteiger partial charge in [-0.25, -0.2) is 0 Å². The van der Waals surface area contributed by atoms with Crippen LogP contribution in [0.3, 0.4) is 0 Å². The first-order valence-electron chi connectivity index (χ1n) is 8.47. The minimum Gasteiger partial charge on any atom is -0.448 e. The van der Waals surface area contributed by atoms with Crippen molar-refractivity contribution in [1.82, 2.24) is 0 Å². The van der Waals surface area contributed by atoms with Crippen LogP contribution in [0.25, 0.3) is 10.8 Å². The van der Waals surface area contributed by atoms with Gasteiger partial charge in [-0.2, -0.15) is 0 Å². The summed E-state index contributed by atoms with van der Waals surface area (Å²) in [5.74, 6) is -1.18. The van der Waals surface area contributed by atoms with Crippen molar-refractivity contribution in [3.8, 4) is 11.5 Å². The molecule has 5 nitrogen and oxygen atoms in total. The van der Waals surface area contributed by atoms with Crippen LogP contribution in [-0.2, 0) is 14.3 Å². The molecular weight excluding hydrogens is 320 g/mol. The summed E-state index contributed by atoms with van der Waals surface area (Å²) >= 11 is 0. The van der Waals surface area contributed by atoms with Crippen molar-refractivity contribution < 1.29 is 23.8 Å². The summed E-state index contributed by atoms with van der Waals surface area (Å²) < 4.78 is 18.8. The highest BCUT2D eigenvalue weighted by Crippen LogP contribution is 2.55. The normalized spacial score (nSPS) is 33.4. The number of hydrogen-bond donors (Lipinski definition) is 0. The smallest absolute Gasteiger partial charge is 0.284 e. The summed E-state index contributed by atoms with van der Waals surface area (Å²) in [6, 6.07) is 11.7. The van der Waals surface area contributed by atoms with Gasteiger partial charge in [0.25, 0.3) is 5.79 Å². The fourth-order valence-corrected chi connectivity index (χ4v) is 4.80. The molecule has 2 aliphatic carbocycles. The van der Waals surface area contributed by atoms with Crippen LogP contribution in [0.15, 0.2) is 48.6 Å². The number of allylic oxidation sites excluding steroid dienone is 1. The third-order valence-electron chi connectivity index (χ3n) is 5.81. The maximum Gasteiger partial charge on any atom is 0.284 e. The van der Waals surface area contributed by atoms with Gasteiger partial charge in [0.15, 0.2) is 5.78 Å². The van der Waals surface area contributed by atoms with Crippen LogP contribution in [-0.4, -0.2) is 29.6 Å². The second-order valence-electron chi connectivity index (χ2n) is 7.06. The minimum absolute atomic E-state index is 0.0817. The lowest BCUT2D eigenvalue weighted by atomic mass is 9.68. The zero-order chi connectivity index (χ0) is 16.8. The van der Waals surface area contributed by atoms with Gasteiger partial charge in [0.2, 0.25) is 0 Å². The SMILES string of the molecule is O=C1C=C[C@@H]2O[C@@H]3CC(=O)[C@H]1[C@H]2C31Oc2cccc3cccc(c23)O1. The maximum absolute atomic E-state index is 12.5. The summed E-state index contributed by atoms with van der Waals surface area (Å²) in [5.41, 5.74) is 0. The molecule has 0 aromatic heterocycles. The summed E-state index contributed by atoms with van der Waals surface area (Å²) in [6.07, 6.45) is 2.46. The molecule has 5 heteroatoms. The van der Waals surface area contributed by atoms with E-state index in [4.69, 9.17) is 14.2 Å². The van der Waals surface area contributed by atoms with Crippen LogP contribution in [0.2, 0.25) is 0 Å². The average Bonchev–Trinajstić information content (AvgIpc) is 2.81. The molecule has 2 bridgehead atoms. The molecule has 1 saturated carbocycles. The van der Waals surface area contributed by atoms with E-state index in [0.29, 0.717) is 11.5 Å². The monoisotopic (exact) mass is 334 g/mol. The molecule has 124 valence electrons. The lowest BCUT2D eigenvalue weighted by Crippen LogP contribution is -2.64. The Bertz CT molecular complexity index is 950. The summed E-state index contributed by atoms with van der Waals surface area (Å²) in [4.78, 5) is 24.9. The lowest BCUT2D eigenvalue weighted by Gasteiger charge is -2.46. The average molecular weight is 334 g/mol. The van der Waals surface area contributed by atoms with E-state index >= 15 is 0 Å². The first kappa shape index (κ1) is 13.6. The second-order valence-corrected chi connectivity index (χ2v) is 7.06. The van der Waals surface area contributed by atoms with Crippen molar-refractivity contribution in [2.24, 2.45) is 11.8 Å². The fraction of sp³-hybridized carbons (Fsp3) is 0.300. The van der Waals surface area contributed by atoms with Gasteiger partial charge in [0.1, 0.15) is 23.4 Å². The van der Waals surface area contributed by atoms with Crippen molar-refractivity contribution in [1.29, 1.82) is 0 Å². The number of benzene rings is 2. The van der Waals surface area contributed by atoms with Crippen molar-refractivity contribution in [2.45, 2.75) is 24.4 Å². The molecule has 4 aliphatic rings. The molecule has 2 aromatic rings. The van der Waals surface area contributed by atoms with E-state index in [1.807, 2.05) is 36.4 Å².